The van der Waals surface area contributed by atoms with Gasteiger partial charge >= 0.3 is 0 Å². The van der Waals surface area contributed by atoms with Gasteiger partial charge in [0.2, 0.25) is 0 Å². The minimum absolute atomic E-state index is 0.605. The standard InChI is InChI=1S/C47H29N3O/c1-3-10-30(11-4-1)34-19-20-36-27-37(22-21-35(36)26-34)38-24-25-40-43(29-38)51-42-17-9-16-41(44(40)42)47-49-45(32-13-5-2-6-14-32)48-46(50-47)39-23-18-31-12-7-8-15-33(31)28-39/h1-29H. The van der Waals surface area contributed by atoms with Gasteiger partial charge in [-0.2, -0.15) is 0 Å². The van der Waals surface area contributed by atoms with Gasteiger partial charge in [-0.25, -0.2) is 15.0 Å². The Labute approximate surface area is 294 Å². The minimum Gasteiger partial charge on any atom is -0.456 e. The van der Waals surface area contributed by atoms with E-state index >= 15 is 0 Å². The molecule has 0 saturated carbocycles. The Kier molecular flexibility index (Phi) is 6.78. The molecular weight excluding hydrogens is 623 g/mol. The van der Waals surface area contributed by atoms with Crippen LogP contribution < -0.4 is 0 Å². The van der Waals surface area contributed by atoms with E-state index in [0.29, 0.717) is 17.5 Å². The molecule has 4 nitrogen and oxygen atoms in total. The van der Waals surface area contributed by atoms with E-state index in [4.69, 9.17) is 19.4 Å². The molecule has 0 atom stereocenters. The third-order valence-electron chi connectivity index (χ3n) is 9.69. The molecule has 0 N–H and O–H groups in total. The van der Waals surface area contributed by atoms with Crippen molar-refractivity contribution in [3.63, 3.8) is 0 Å². The summed E-state index contributed by atoms with van der Waals surface area (Å²) < 4.78 is 6.54. The van der Waals surface area contributed by atoms with Gasteiger partial charge in [-0.3, -0.25) is 0 Å². The zero-order valence-electron chi connectivity index (χ0n) is 27.5. The molecular formula is C47H29N3O. The van der Waals surface area contributed by atoms with E-state index in [1.54, 1.807) is 0 Å². The molecule has 0 saturated heterocycles. The van der Waals surface area contributed by atoms with Crippen molar-refractivity contribution in [2.24, 2.45) is 0 Å². The van der Waals surface area contributed by atoms with Gasteiger partial charge < -0.3 is 4.42 Å². The lowest BCUT2D eigenvalue weighted by atomic mass is 9.97. The molecule has 0 amide bonds. The average molecular weight is 652 g/mol. The van der Waals surface area contributed by atoms with Crippen molar-refractivity contribution in [1.29, 1.82) is 0 Å². The predicted molar refractivity (Wildman–Crippen MR) is 209 cm³/mol. The van der Waals surface area contributed by atoms with Crippen LogP contribution in [0.1, 0.15) is 0 Å². The van der Waals surface area contributed by atoms with E-state index in [1.807, 2.05) is 48.5 Å². The van der Waals surface area contributed by atoms with E-state index in [0.717, 1.165) is 55.1 Å². The van der Waals surface area contributed by atoms with Crippen LogP contribution in [0.2, 0.25) is 0 Å². The zero-order valence-corrected chi connectivity index (χ0v) is 27.5. The molecule has 8 aromatic carbocycles. The highest BCUT2D eigenvalue weighted by Crippen LogP contribution is 2.39. The van der Waals surface area contributed by atoms with E-state index in [9.17, 15) is 0 Å². The Morgan fingerprint density at radius 1 is 0.314 bits per heavy atom. The predicted octanol–water partition coefficient (Wildman–Crippen LogP) is 12.4. The number of fused-ring (bicyclic) bond motifs is 5. The van der Waals surface area contributed by atoms with E-state index in [1.165, 1.54) is 27.3 Å². The van der Waals surface area contributed by atoms with Crippen LogP contribution in [0.4, 0.5) is 0 Å². The second-order valence-electron chi connectivity index (χ2n) is 12.9. The van der Waals surface area contributed by atoms with Gasteiger partial charge in [-0.1, -0.05) is 140 Å². The van der Waals surface area contributed by atoms with Crippen LogP contribution in [0.25, 0.3) is 99.9 Å². The van der Waals surface area contributed by atoms with Crippen molar-refractivity contribution >= 4 is 43.5 Å². The van der Waals surface area contributed by atoms with Crippen molar-refractivity contribution in [3.8, 4) is 56.4 Å². The van der Waals surface area contributed by atoms with Gasteiger partial charge in [0, 0.05) is 27.5 Å². The SMILES string of the molecule is c1ccc(-c2ccc3cc(-c4ccc5c(c4)oc4cccc(-c6nc(-c7ccccc7)nc(-c7ccc8ccccc8c7)n6)c45)ccc3c2)cc1. The molecule has 0 fully saturated rings. The summed E-state index contributed by atoms with van der Waals surface area (Å²) in [5.41, 5.74) is 9.07. The second kappa shape index (κ2) is 11.9. The monoisotopic (exact) mass is 651 g/mol. The van der Waals surface area contributed by atoms with E-state index < -0.39 is 0 Å². The first-order chi connectivity index (χ1) is 25.2. The summed E-state index contributed by atoms with van der Waals surface area (Å²) in [4.78, 5) is 15.1. The number of furan rings is 1. The first kappa shape index (κ1) is 29.0. The molecule has 10 aromatic rings. The molecule has 0 spiro atoms. The average Bonchev–Trinajstić information content (AvgIpc) is 3.59. The Morgan fingerprint density at radius 2 is 0.843 bits per heavy atom. The molecule has 4 heteroatoms. The summed E-state index contributed by atoms with van der Waals surface area (Å²) in [6.45, 7) is 0. The lowest BCUT2D eigenvalue weighted by Gasteiger charge is -2.10. The number of hydrogen-bond donors (Lipinski definition) is 0. The van der Waals surface area contributed by atoms with Gasteiger partial charge in [0.05, 0.1) is 0 Å². The molecule has 0 bridgehead atoms. The lowest BCUT2D eigenvalue weighted by molar-refractivity contribution is 0.669. The molecule has 238 valence electrons. The molecule has 2 aromatic heterocycles. The first-order valence-electron chi connectivity index (χ1n) is 17.1. The van der Waals surface area contributed by atoms with Gasteiger partial charge in [0.1, 0.15) is 11.2 Å². The maximum atomic E-state index is 6.54. The van der Waals surface area contributed by atoms with Gasteiger partial charge in [-0.05, 0) is 80.2 Å². The highest BCUT2D eigenvalue weighted by atomic mass is 16.3. The Balaban J connectivity index is 1.08. The smallest absolute Gasteiger partial charge is 0.164 e. The highest BCUT2D eigenvalue weighted by molar-refractivity contribution is 6.12. The van der Waals surface area contributed by atoms with Crippen molar-refractivity contribution in [2.45, 2.75) is 0 Å². The quantitative estimate of drug-likeness (QED) is 0.186. The topological polar surface area (TPSA) is 51.8 Å². The van der Waals surface area contributed by atoms with Crippen molar-refractivity contribution < 1.29 is 4.42 Å². The number of benzene rings is 8. The number of aromatic nitrogens is 3. The van der Waals surface area contributed by atoms with Crippen molar-refractivity contribution in [1.82, 2.24) is 15.0 Å². The minimum atomic E-state index is 0.605. The molecule has 10 rings (SSSR count). The number of rotatable bonds is 5. The van der Waals surface area contributed by atoms with Crippen LogP contribution in [0.3, 0.4) is 0 Å². The van der Waals surface area contributed by atoms with Crippen LogP contribution >= 0.6 is 0 Å². The molecule has 0 unspecified atom stereocenters. The zero-order chi connectivity index (χ0) is 33.7. The largest absolute Gasteiger partial charge is 0.456 e. The summed E-state index contributed by atoms with van der Waals surface area (Å²) in [5.74, 6) is 1.86. The Hall–Kier alpha value is -6.91. The lowest BCUT2D eigenvalue weighted by Crippen LogP contribution is -2.00. The van der Waals surface area contributed by atoms with Crippen LogP contribution in [0, 0.1) is 0 Å². The molecule has 0 aliphatic heterocycles. The summed E-state index contributed by atoms with van der Waals surface area (Å²) in [6, 6.07) is 61.2. The third kappa shape index (κ3) is 5.22. The summed E-state index contributed by atoms with van der Waals surface area (Å²) in [6.07, 6.45) is 0. The highest BCUT2D eigenvalue weighted by Gasteiger charge is 2.18. The van der Waals surface area contributed by atoms with E-state index in [2.05, 4.69) is 127 Å². The Bertz CT molecular complexity index is 2910. The Morgan fingerprint density at radius 3 is 1.61 bits per heavy atom. The summed E-state index contributed by atoms with van der Waals surface area (Å²) in [5, 5.41) is 6.73. The summed E-state index contributed by atoms with van der Waals surface area (Å²) in [7, 11) is 0. The normalized spacial score (nSPS) is 11.5. The maximum absolute atomic E-state index is 6.54. The van der Waals surface area contributed by atoms with Crippen LogP contribution in [0.15, 0.2) is 180 Å². The fourth-order valence-electron chi connectivity index (χ4n) is 7.10. The van der Waals surface area contributed by atoms with Gasteiger partial charge in [0.25, 0.3) is 0 Å². The molecule has 51 heavy (non-hydrogen) atoms. The molecule has 2 heterocycles. The molecule has 0 aliphatic carbocycles. The summed E-state index contributed by atoms with van der Waals surface area (Å²) >= 11 is 0. The molecule has 0 radical (unpaired) electrons. The fourth-order valence-corrected chi connectivity index (χ4v) is 7.10. The maximum Gasteiger partial charge on any atom is 0.164 e. The second-order valence-corrected chi connectivity index (χ2v) is 12.9. The fraction of sp³-hybridized carbons (Fsp3) is 0. The molecule has 0 aliphatic rings. The van der Waals surface area contributed by atoms with Gasteiger partial charge in [-0.15, -0.1) is 0 Å². The van der Waals surface area contributed by atoms with Crippen LogP contribution in [-0.2, 0) is 0 Å². The van der Waals surface area contributed by atoms with Crippen molar-refractivity contribution in [2.75, 3.05) is 0 Å². The van der Waals surface area contributed by atoms with E-state index in [-0.39, 0.29) is 0 Å². The number of nitrogens with zero attached hydrogens (tertiary/aromatic N) is 3. The van der Waals surface area contributed by atoms with Crippen molar-refractivity contribution in [3.05, 3.63) is 176 Å². The van der Waals surface area contributed by atoms with Gasteiger partial charge in [0.15, 0.2) is 17.5 Å². The van der Waals surface area contributed by atoms with Crippen LogP contribution in [0.5, 0.6) is 0 Å². The number of hydrogen-bond acceptors (Lipinski definition) is 4. The van der Waals surface area contributed by atoms with Crippen LogP contribution in [-0.4, -0.2) is 15.0 Å². The third-order valence-corrected chi connectivity index (χ3v) is 9.69. The first-order valence-corrected chi connectivity index (χ1v) is 17.1.